The van der Waals surface area contributed by atoms with Crippen molar-refractivity contribution in [2.45, 2.75) is 12.7 Å². The van der Waals surface area contributed by atoms with Crippen LogP contribution in [0.2, 0.25) is 0 Å². The van der Waals surface area contributed by atoms with E-state index in [1.54, 1.807) is 36.7 Å². The largest absolute Gasteiger partial charge is 0.417 e. The van der Waals surface area contributed by atoms with Gasteiger partial charge in [-0.1, -0.05) is 18.2 Å². The standard InChI is InChI=1S/C20H15F3N6O/c21-20(22,23)16-4-2-1-3-15(16)18-26-17-6-5-14(12-29(17)27-18)28(19(24)30)11-13-7-9-25-10-8-13/h1-10,12H,11H2,(H2,24,30). The molecule has 0 atom stereocenters. The molecule has 4 rings (SSSR count). The summed E-state index contributed by atoms with van der Waals surface area (Å²) in [7, 11) is 0. The van der Waals surface area contributed by atoms with Crippen molar-refractivity contribution < 1.29 is 18.0 Å². The van der Waals surface area contributed by atoms with Crippen molar-refractivity contribution in [2.24, 2.45) is 5.73 Å². The van der Waals surface area contributed by atoms with E-state index in [9.17, 15) is 18.0 Å². The molecule has 2 N–H and O–H groups in total. The van der Waals surface area contributed by atoms with E-state index in [4.69, 9.17) is 5.73 Å². The highest BCUT2D eigenvalue weighted by molar-refractivity contribution is 5.90. The van der Waals surface area contributed by atoms with Gasteiger partial charge in [0.25, 0.3) is 0 Å². The number of amides is 2. The van der Waals surface area contributed by atoms with E-state index >= 15 is 0 Å². The third kappa shape index (κ3) is 3.79. The number of hydrogen-bond acceptors (Lipinski definition) is 4. The lowest BCUT2D eigenvalue weighted by atomic mass is 10.1. The molecule has 0 aliphatic rings. The number of aromatic nitrogens is 4. The van der Waals surface area contributed by atoms with E-state index in [2.05, 4.69) is 15.1 Å². The van der Waals surface area contributed by atoms with Gasteiger partial charge in [-0.05, 0) is 35.9 Å². The Labute approximate surface area is 168 Å². The predicted molar refractivity (Wildman–Crippen MR) is 103 cm³/mol. The van der Waals surface area contributed by atoms with Crippen molar-refractivity contribution in [3.05, 3.63) is 78.2 Å². The zero-order valence-electron chi connectivity index (χ0n) is 15.4. The van der Waals surface area contributed by atoms with Gasteiger partial charge in [-0.2, -0.15) is 13.2 Å². The highest BCUT2D eigenvalue weighted by Crippen LogP contribution is 2.36. The Morgan fingerprint density at radius 1 is 1.07 bits per heavy atom. The summed E-state index contributed by atoms with van der Waals surface area (Å²) in [6.07, 6.45) is 0.152. The Morgan fingerprint density at radius 2 is 1.80 bits per heavy atom. The number of anilines is 1. The fourth-order valence-corrected chi connectivity index (χ4v) is 3.04. The van der Waals surface area contributed by atoms with Crippen LogP contribution in [0.25, 0.3) is 17.0 Å². The average Bonchev–Trinajstić information content (AvgIpc) is 3.15. The molecule has 0 saturated heterocycles. The molecule has 0 saturated carbocycles. The minimum Gasteiger partial charge on any atom is -0.351 e. The second kappa shape index (κ2) is 7.47. The summed E-state index contributed by atoms with van der Waals surface area (Å²) >= 11 is 0. The third-order valence-electron chi connectivity index (χ3n) is 4.46. The maximum absolute atomic E-state index is 13.3. The first kappa shape index (κ1) is 19.4. The van der Waals surface area contributed by atoms with Crippen molar-refractivity contribution in [1.29, 1.82) is 0 Å². The first-order chi connectivity index (χ1) is 14.3. The van der Waals surface area contributed by atoms with Crippen LogP contribution in [0.5, 0.6) is 0 Å². The molecule has 2 amide bonds. The number of nitrogens with two attached hydrogens (primary N) is 1. The Balaban J connectivity index is 1.73. The lowest BCUT2D eigenvalue weighted by Gasteiger charge is -2.20. The number of fused-ring (bicyclic) bond motifs is 1. The molecule has 7 nitrogen and oxygen atoms in total. The number of benzene rings is 1. The number of rotatable bonds is 4. The molecule has 0 aliphatic carbocycles. The molecule has 0 aliphatic heterocycles. The topological polar surface area (TPSA) is 89.4 Å². The summed E-state index contributed by atoms with van der Waals surface area (Å²) in [5, 5.41) is 4.18. The highest BCUT2D eigenvalue weighted by Gasteiger charge is 2.34. The van der Waals surface area contributed by atoms with Crippen LogP contribution in [0.4, 0.5) is 23.7 Å². The van der Waals surface area contributed by atoms with E-state index in [1.165, 1.54) is 33.8 Å². The molecule has 0 bridgehead atoms. The van der Waals surface area contributed by atoms with Crippen LogP contribution >= 0.6 is 0 Å². The number of primary amides is 1. The van der Waals surface area contributed by atoms with Gasteiger partial charge < -0.3 is 5.73 Å². The van der Waals surface area contributed by atoms with Crippen molar-refractivity contribution >= 4 is 17.4 Å². The second-order valence-electron chi connectivity index (χ2n) is 6.45. The Kier molecular flexibility index (Phi) is 4.82. The first-order valence-electron chi connectivity index (χ1n) is 8.82. The second-order valence-corrected chi connectivity index (χ2v) is 6.45. The molecule has 0 radical (unpaired) electrons. The van der Waals surface area contributed by atoms with E-state index in [0.29, 0.717) is 11.3 Å². The summed E-state index contributed by atoms with van der Waals surface area (Å²) in [6, 6.07) is 11.1. The predicted octanol–water partition coefficient (Wildman–Crippen LogP) is 3.90. The Hall–Kier alpha value is -3.95. The molecule has 3 heterocycles. The molecule has 152 valence electrons. The van der Waals surface area contributed by atoms with Crippen LogP contribution in [0.1, 0.15) is 11.1 Å². The van der Waals surface area contributed by atoms with Crippen molar-refractivity contribution in [2.75, 3.05) is 4.90 Å². The number of carbonyl (C=O) groups excluding carboxylic acids is 1. The van der Waals surface area contributed by atoms with E-state index in [0.717, 1.165) is 11.6 Å². The van der Waals surface area contributed by atoms with E-state index < -0.39 is 17.8 Å². The number of nitrogens with zero attached hydrogens (tertiary/aromatic N) is 5. The number of hydrogen-bond donors (Lipinski definition) is 1. The highest BCUT2D eigenvalue weighted by atomic mass is 19.4. The molecule has 30 heavy (non-hydrogen) atoms. The first-order valence-corrected chi connectivity index (χ1v) is 8.82. The zero-order chi connectivity index (χ0) is 21.3. The number of carbonyl (C=O) groups is 1. The fraction of sp³-hybridized carbons (Fsp3) is 0.100. The van der Waals surface area contributed by atoms with Gasteiger partial charge in [0.15, 0.2) is 11.5 Å². The summed E-state index contributed by atoms with van der Waals surface area (Å²) in [6.45, 7) is 0.196. The summed E-state index contributed by atoms with van der Waals surface area (Å²) in [5.74, 6) is -0.0696. The summed E-state index contributed by atoms with van der Waals surface area (Å²) in [5.41, 5.74) is 6.14. The van der Waals surface area contributed by atoms with Crippen LogP contribution in [0, 0.1) is 0 Å². The quantitative estimate of drug-likeness (QED) is 0.551. The van der Waals surface area contributed by atoms with Gasteiger partial charge >= 0.3 is 12.2 Å². The minimum absolute atomic E-state index is 0.0696. The summed E-state index contributed by atoms with van der Waals surface area (Å²) < 4.78 is 41.3. The number of alkyl halides is 3. The van der Waals surface area contributed by atoms with Gasteiger partial charge in [0.05, 0.1) is 24.0 Å². The monoisotopic (exact) mass is 412 g/mol. The van der Waals surface area contributed by atoms with E-state index in [1.807, 2.05) is 0 Å². The van der Waals surface area contributed by atoms with Gasteiger partial charge in [0, 0.05) is 18.0 Å². The molecular formula is C20H15F3N6O. The Morgan fingerprint density at radius 3 is 2.50 bits per heavy atom. The van der Waals surface area contributed by atoms with Crippen LogP contribution < -0.4 is 10.6 Å². The number of halogens is 3. The lowest BCUT2D eigenvalue weighted by Crippen LogP contribution is -2.35. The fourth-order valence-electron chi connectivity index (χ4n) is 3.04. The van der Waals surface area contributed by atoms with Gasteiger partial charge in [-0.3, -0.25) is 9.88 Å². The number of pyridine rings is 2. The van der Waals surface area contributed by atoms with Crippen molar-refractivity contribution in [3.63, 3.8) is 0 Å². The molecule has 3 aromatic heterocycles. The zero-order valence-corrected chi connectivity index (χ0v) is 15.4. The smallest absolute Gasteiger partial charge is 0.351 e. The lowest BCUT2D eigenvalue weighted by molar-refractivity contribution is -0.137. The van der Waals surface area contributed by atoms with E-state index in [-0.39, 0.29) is 17.9 Å². The van der Waals surface area contributed by atoms with Crippen LogP contribution in [-0.2, 0) is 12.7 Å². The number of urea groups is 1. The minimum atomic E-state index is -4.54. The maximum atomic E-state index is 13.3. The molecule has 4 aromatic rings. The summed E-state index contributed by atoms with van der Waals surface area (Å²) in [4.78, 5) is 21.4. The SMILES string of the molecule is NC(=O)N(Cc1ccncc1)c1ccc2nc(-c3ccccc3C(F)(F)F)nn2c1. The van der Waals surface area contributed by atoms with Gasteiger partial charge in [0.1, 0.15) is 0 Å². The molecular weight excluding hydrogens is 397 g/mol. The molecule has 0 fully saturated rings. The normalized spacial score (nSPS) is 11.6. The molecule has 10 heteroatoms. The molecule has 1 aromatic carbocycles. The third-order valence-corrected chi connectivity index (χ3v) is 4.46. The maximum Gasteiger partial charge on any atom is 0.417 e. The van der Waals surface area contributed by atoms with Crippen LogP contribution in [0.15, 0.2) is 67.1 Å². The van der Waals surface area contributed by atoms with Crippen molar-refractivity contribution in [1.82, 2.24) is 19.6 Å². The van der Waals surface area contributed by atoms with Crippen LogP contribution in [-0.4, -0.2) is 25.6 Å². The molecule has 0 unspecified atom stereocenters. The van der Waals surface area contributed by atoms with Gasteiger partial charge in [-0.25, -0.2) is 14.3 Å². The Bertz CT molecular complexity index is 1210. The van der Waals surface area contributed by atoms with Crippen LogP contribution in [0.3, 0.4) is 0 Å². The molecule has 0 spiro atoms. The van der Waals surface area contributed by atoms with Gasteiger partial charge in [0.2, 0.25) is 0 Å². The van der Waals surface area contributed by atoms with Crippen molar-refractivity contribution in [3.8, 4) is 11.4 Å². The average molecular weight is 412 g/mol. The van der Waals surface area contributed by atoms with Gasteiger partial charge in [-0.15, -0.1) is 5.10 Å².